The summed E-state index contributed by atoms with van der Waals surface area (Å²) in [5.41, 5.74) is 3.15. The zero-order valence-electron chi connectivity index (χ0n) is 22.5. The average molecular weight is 640 g/mol. The summed E-state index contributed by atoms with van der Waals surface area (Å²) in [6, 6.07) is 11.1. The normalized spacial score (nSPS) is 15.1. The molecule has 0 spiro atoms. The molecule has 1 aliphatic heterocycles. The van der Waals surface area contributed by atoms with Gasteiger partial charge in [0.05, 0.1) is 35.4 Å². The summed E-state index contributed by atoms with van der Waals surface area (Å²) in [6.07, 6.45) is 5.90. The number of benzene rings is 2. The third-order valence-corrected chi connectivity index (χ3v) is 10.3. The molecule has 10 nitrogen and oxygen atoms in total. The molecule has 0 aliphatic carbocycles. The first kappa shape index (κ1) is 31.2. The smallest absolute Gasteiger partial charge is 0.265 e. The Morgan fingerprint density at radius 2 is 1.78 bits per heavy atom. The van der Waals surface area contributed by atoms with Crippen LogP contribution < -0.4 is 14.2 Å². The van der Waals surface area contributed by atoms with Crippen LogP contribution in [0.25, 0.3) is 16.3 Å². The van der Waals surface area contributed by atoms with Crippen molar-refractivity contribution in [2.45, 2.75) is 37.6 Å². The molecule has 0 saturated carbocycles. The van der Waals surface area contributed by atoms with Gasteiger partial charge in [-0.15, -0.1) is 0 Å². The van der Waals surface area contributed by atoms with Gasteiger partial charge in [0.25, 0.3) is 25.2 Å². The van der Waals surface area contributed by atoms with Crippen molar-refractivity contribution in [3.8, 4) is 5.75 Å². The third kappa shape index (κ3) is 8.17. The minimum Gasteiger partial charge on any atom is -0.497 e. The summed E-state index contributed by atoms with van der Waals surface area (Å²) in [7, 11) is -6.63. The molecule has 220 valence electrons. The number of anilines is 1. The summed E-state index contributed by atoms with van der Waals surface area (Å²) in [4.78, 5) is 14.3. The number of fused-ring (bicyclic) bond motifs is 2. The predicted octanol–water partition coefficient (Wildman–Crippen LogP) is 4.81. The fraction of sp³-hybridized carbons (Fsp3) is 0.333. The number of aromatic nitrogens is 1. The van der Waals surface area contributed by atoms with Crippen LogP contribution in [0, 0.1) is 0 Å². The van der Waals surface area contributed by atoms with E-state index >= 15 is 0 Å². The van der Waals surface area contributed by atoms with E-state index in [-0.39, 0.29) is 24.3 Å². The van der Waals surface area contributed by atoms with Crippen LogP contribution in [0.15, 0.2) is 58.0 Å². The molecule has 0 fully saturated rings. The molecule has 1 aromatic heterocycles. The SMILES string of the molecule is CCC(=Cc1sc2ccc(OC)cc2[n+]1CCCS(=O)(=O)O)C=C1Sc2ccc(C=O)cc2N1CCCS(=O)(=O)O. The molecule has 2 aromatic carbocycles. The van der Waals surface area contributed by atoms with Crippen molar-refractivity contribution in [3.63, 3.8) is 0 Å². The van der Waals surface area contributed by atoms with Gasteiger partial charge in [-0.2, -0.15) is 21.4 Å². The Bertz CT molecular complexity index is 1730. The highest BCUT2D eigenvalue weighted by molar-refractivity contribution is 8.03. The van der Waals surface area contributed by atoms with Gasteiger partial charge < -0.3 is 9.64 Å². The monoisotopic (exact) mass is 639 g/mol. The van der Waals surface area contributed by atoms with Crippen molar-refractivity contribution in [1.29, 1.82) is 0 Å². The number of thiazole rings is 1. The molecule has 2 heterocycles. The lowest BCUT2D eigenvalue weighted by Gasteiger charge is -2.20. The van der Waals surface area contributed by atoms with Crippen LogP contribution in [0.1, 0.15) is 41.6 Å². The van der Waals surface area contributed by atoms with E-state index in [2.05, 4.69) is 0 Å². The van der Waals surface area contributed by atoms with Gasteiger partial charge in [-0.3, -0.25) is 13.9 Å². The van der Waals surface area contributed by atoms with Crippen molar-refractivity contribution in [3.05, 3.63) is 63.6 Å². The van der Waals surface area contributed by atoms with Gasteiger partial charge in [0.2, 0.25) is 5.52 Å². The average Bonchev–Trinajstić information content (AvgIpc) is 3.43. The maximum atomic E-state index is 11.4. The van der Waals surface area contributed by atoms with Crippen LogP contribution in [0.3, 0.4) is 0 Å². The Kier molecular flexibility index (Phi) is 9.93. The second-order valence-corrected chi connectivity index (χ2v) is 14.6. The zero-order valence-corrected chi connectivity index (χ0v) is 25.8. The number of allylic oxidation sites excluding steroid dienone is 2. The maximum absolute atomic E-state index is 11.4. The summed E-state index contributed by atoms with van der Waals surface area (Å²) >= 11 is 3.06. The first-order chi connectivity index (χ1) is 19.4. The van der Waals surface area contributed by atoms with Crippen molar-refractivity contribution in [2.75, 3.05) is 30.1 Å². The number of rotatable bonds is 13. The van der Waals surface area contributed by atoms with E-state index in [1.807, 2.05) is 52.8 Å². The highest BCUT2D eigenvalue weighted by atomic mass is 32.2. The van der Waals surface area contributed by atoms with E-state index in [0.29, 0.717) is 30.8 Å². The topological polar surface area (TPSA) is 142 Å². The first-order valence-electron chi connectivity index (χ1n) is 12.8. The molecule has 2 N–H and O–H groups in total. The van der Waals surface area contributed by atoms with Crippen LogP contribution >= 0.6 is 23.1 Å². The Hall–Kier alpha value is -2.75. The molecule has 3 aromatic rings. The van der Waals surface area contributed by atoms with E-state index in [0.717, 1.165) is 42.7 Å². The number of carbonyl (C=O) groups is 1. The van der Waals surface area contributed by atoms with Crippen LogP contribution in [-0.4, -0.2) is 57.4 Å². The van der Waals surface area contributed by atoms with Gasteiger partial charge >= 0.3 is 0 Å². The minimum absolute atomic E-state index is 0.193. The van der Waals surface area contributed by atoms with E-state index in [9.17, 15) is 30.7 Å². The summed E-state index contributed by atoms with van der Waals surface area (Å²) in [6.45, 7) is 2.70. The van der Waals surface area contributed by atoms with E-state index in [4.69, 9.17) is 4.74 Å². The van der Waals surface area contributed by atoms with Crippen LogP contribution in [-0.2, 0) is 26.8 Å². The summed E-state index contributed by atoms with van der Waals surface area (Å²) in [5, 5.41) is 1.74. The van der Waals surface area contributed by atoms with Gasteiger partial charge in [0, 0.05) is 29.5 Å². The highest BCUT2D eigenvalue weighted by Gasteiger charge is 2.27. The molecular weight excluding hydrogens is 609 g/mol. The lowest BCUT2D eigenvalue weighted by atomic mass is 10.1. The van der Waals surface area contributed by atoms with Crippen molar-refractivity contribution >= 4 is 71.6 Å². The highest BCUT2D eigenvalue weighted by Crippen LogP contribution is 2.47. The number of aldehydes is 1. The molecule has 0 bridgehead atoms. The Labute approximate surface area is 247 Å². The molecule has 14 heteroatoms. The number of nitrogens with zero attached hydrogens (tertiary/aromatic N) is 2. The fourth-order valence-electron chi connectivity index (χ4n) is 4.45. The fourth-order valence-corrected chi connectivity index (χ4v) is 7.73. The number of carbonyl (C=O) groups excluding carboxylic acids is 1. The number of methoxy groups -OCH3 is 1. The van der Waals surface area contributed by atoms with Crippen molar-refractivity contribution in [2.24, 2.45) is 0 Å². The molecule has 0 atom stereocenters. The second kappa shape index (κ2) is 13.0. The number of hydrogen-bond acceptors (Lipinski definition) is 9. The number of aryl methyl sites for hydroxylation is 1. The largest absolute Gasteiger partial charge is 0.497 e. The number of hydrogen-bond donors (Lipinski definition) is 2. The molecule has 1 aliphatic rings. The van der Waals surface area contributed by atoms with Crippen LogP contribution in [0.5, 0.6) is 5.75 Å². The van der Waals surface area contributed by atoms with Crippen LogP contribution in [0.4, 0.5) is 5.69 Å². The van der Waals surface area contributed by atoms with Gasteiger partial charge in [-0.05, 0) is 48.8 Å². The maximum Gasteiger partial charge on any atom is 0.265 e. The van der Waals surface area contributed by atoms with Crippen molar-refractivity contribution < 1.29 is 40.0 Å². The Morgan fingerprint density at radius 3 is 2.44 bits per heavy atom. The Morgan fingerprint density at radius 1 is 1.05 bits per heavy atom. The number of ether oxygens (including phenoxy) is 1. The van der Waals surface area contributed by atoms with Gasteiger partial charge in [-0.1, -0.05) is 36.1 Å². The van der Waals surface area contributed by atoms with Crippen LogP contribution in [0.2, 0.25) is 0 Å². The van der Waals surface area contributed by atoms with E-state index in [1.54, 1.807) is 30.6 Å². The van der Waals surface area contributed by atoms with E-state index in [1.165, 1.54) is 11.8 Å². The molecule has 0 unspecified atom stereocenters. The molecule has 0 saturated heterocycles. The molecular formula is C27H31N2O8S4+. The molecule has 0 radical (unpaired) electrons. The minimum atomic E-state index is -4.12. The Balaban J connectivity index is 1.73. The summed E-state index contributed by atoms with van der Waals surface area (Å²) in [5.74, 6) is -0.0663. The van der Waals surface area contributed by atoms with Crippen molar-refractivity contribution in [1.82, 2.24) is 0 Å². The predicted molar refractivity (Wildman–Crippen MR) is 162 cm³/mol. The zero-order chi connectivity index (χ0) is 29.8. The summed E-state index contributed by atoms with van der Waals surface area (Å²) < 4.78 is 72.3. The molecule has 4 rings (SSSR count). The standard InChI is InChI=1S/C27H30N2O8S4/c1-3-19(15-26-28(10-4-12-40(31,32)33)22-14-20(18-30)6-8-24(22)38-26)16-27-29(11-5-13-41(34,35)36)23-17-21(37-2)7-9-25(23)39-27/h6-9,14-18H,3-5,10-13H2,1-2H3,(H-,31,32,33,34,35,36)/p+1. The van der Waals surface area contributed by atoms with Gasteiger partial charge in [-0.25, -0.2) is 0 Å². The lowest BCUT2D eigenvalue weighted by Crippen LogP contribution is -2.36. The first-order valence-corrected chi connectivity index (χ1v) is 17.6. The molecule has 0 amide bonds. The number of thioether (sulfide) groups is 1. The van der Waals surface area contributed by atoms with Gasteiger partial charge in [0.15, 0.2) is 6.54 Å². The lowest BCUT2D eigenvalue weighted by molar-refractivity contribution is -0.668. The quantitative estimate of drug-likeness (QED) is 0.152. The van der Waals surface area contributed by atoms with Gasteiger partial charge in [0.1, 0.15) is 16.7 Å². The molecule has 41 heavy (non-hydrogen) atoms. The van der Waals surface area contributed by atoms with E-state index < -0.39 is 20.2 Å². The second-order valence-electron chi connectivity index (χ2n) is 9.36. The third-order valence-electron chi connectivity index (χ3n) is 6.42.